The number of nitrogens with one attached hydrogen (secondary N) is 1. The average molecular weight is 456 g/mol. The van der Waals surface area contributed by atoms with Crippen molar-refractivity contribution in [2.45, 2.75) is 6.92 Å². The molecule has 0 aliphatic heterocycles. The fraction of sp³-hybridized carbons (Fsp3) is 0.280. The van der Waals surface area contributed by atoms with Crippen LogP contribution in [0.2, 0.25) is 0 Å². The third kappa shape index (κ3) is 4.49. The minimum Gasteiger partial charge on any atom is -0.397 e. The molecule has 9 nitrogen and oxygen atoms in total. The van der Waals surface area contributed by atoms with E-state index in [1.165, 1.54) is 6.20 Å². The summed E-state index contributed by atoms with van der Waals surface area (Å²) < 4.78 is 1.79. The molecule has 2 aromatic heterocycles. The molecule has 9 heteroatoms. The number of nitrogens with two attached hydrogens (primary N) is 1. The molecule has 4 aromatic rings. The largest absolute Gasteiger partial charge is 0.397 e. The lowest BCUT2D eigenvalue weighted by molar-refractivity contribution is 0.416. The maximum absolute atomic E-state index is 9.67. The monoisotopic (exact) mass is 455 g/mol. The van der Waals surface area contributed by atoms with E-state index in [1.807, 2.05) is 51.4 Å². The number of likely N-dealkylation sites (N-methyl/N-ethyl adjacent to an activating group) is 2. The molecular formula is C25H29N9. The quantitative estimate of drug-likeness (QED) is 0.407. The minimum absolute atomic E-state index is 0.364. The molecule has 0 aliphatic rings. The van der Waals surface area contributed by atoms with E-state index in [9.17, 15) is 5.26 Å². The van der Waals surface area contributed by atoms with Crippen molar-refractivity contribution in [3.05, 3.63) is 53.7 Å². The molecular weight excluding hydrogens is 426 g/mol. The molecule has 4 rings (SSSR count). The van der Waals surface area contributed by atoms with E-state index >= 15 is 0 Å². The maximum atomic E-state index is 9.67. The van der Waals surface area contributed by atoms with Gasteiger partial charge in [-0.05, 0) is 44.8 Å². The van der Waals surface area contributed by atoms with Crippen molar-refractivity contribution in [3.63, 3.8) is 0 Å². The molecule has 0 saturated heterocycles. The van der Waals surface area contributed by atoms with Crippen LogP contribution in [0.25, 0.3) is 22.3 Å². The standard InChI is InChI=1S/C25H29N9/c1-16-12-22(33(4)11-10-32(2)3)19(27)13-20(16)29-25-28-15-17(14-26)23(30-25)24-18-8-6-7-9-21(18)34(5)31-24/h6-9,12-13,15H,10-11,27H2,1-5H3,(H,28,29,30). The molecule has 2 aromatic carbocycles. The number of nitrogens with zero attached hydrogens (tertiary/aromatic N) is 7. The van der Waals surface area contributed by atoms with Crippen molar-refractivity contribution >= 4 is 33.9 Å². The van der Waals surface area contributed by atoms with Gasteiger partial charge in [0.1, 0.15) is 17.5 Å². The molecule has 0 fully saturated rings. The van der Waals surface area contributed by atoms with E-state index in [4.69, 9.17) is 5.73 Å². The Bertz CT molecular complexity index is 1380. The number of benzene rings is 2. The van der Waals surface area contributed by atoms with E-state index in [2.05, 4.69) is 56.4 Å². The summed E-state index contributed by atoms with van der Waals surface area (Å²) in [4.78, 5) is 13.3. The van der Waals surface area contributed by atoms with Crippen molar-refractivity contribution in [2.24, 2.45) is 7.05 Å². The maximum Gasteiger partial charge on any atom is 0.227 e. The molecule has 0 aliphatic carbocycles. The summed E-state index contributed by atoms with van der Waals surface area (Å²) in [6, 6.07) is 14.0. The number of hydrogen-bond acceptors (Lipinski definition) is 8. The summed E-state index contributed by atoms with van der Waals surface area (Å²) >= 11 is 0. The van der Waals surface area contributed by atoms with Crippen molar-refractivity contribution in [2.75, 3.05) is 50.2 Å². The number of hydrogen-bond donors (Lipinski definition) is 2. The lowest BCUT2D eigenvalue weighted by Gasteiger charge is -2.24. The first kappa shape index (κ1) is 23.0. The number of para-hydroxylation sites is 1. The number of aryl methyl sites for hydroxylation is 2. The van der Waals surface area contributed by atoms with Crippen molar-refractivity contribution in [3.8, 4) is 17.5 Å². The first-order valence-corrected chi connectivity index (χ1v) is 11.0. The Morgan fingerprint density at radius 1 is 1.12 bits per heavy atom. The van der Waals surface area contributed by atoms with Crippen LogP contribution in [0.4, 0.5) is 23.0 Å². The van der Waals surface area contributed by atoms with Gasteiger partial charge in [0.25, 0.3) is 0 Å². The average Bonchev–Trinajstić information content (AvgIpc) is 3.16. The highest BCUT2D eigenvalue weighted by atomic mass is 15.3. The van der Waals surface area contributed by atoms with Crippen molar-refractivity contribution < 1.29 is 0 Å². The summed E-state index contributed by atoms with van der Waals surface area (Å²) in [6.45, 7) is 3.81. The van der Waals surface area contributed by atoms with Crippen molar-refractivity contribution in [1.82, 2.24) is 24.6 Å². The van der Waals surface area contributed by atoms with Gasteiger partial charge in [0.05, 0.1) is 28.7 Å². The molecule has 0 amide bonds. The van der Waals surface area contributed by atoms with Gasteiger partial charge in [-0.2, -0.15) is 10.4 Å². The number of aromatic nitrogens is 4. The highest BCUT2D eigenvalue weighted by molar-refractivity contribution is 5.93. The summed E-state index contributed by atoms with van der Waals surface area (Å²) in [5, 5.41) is 18.5. The van der Waals surface area contributed by atoms with Gasteiger partial charge < -0.3 is 20.9 Å². The number of anilines is 4. The van der Waals surface area contributed by atoms with E-state index in [0.29, 0.717) is 28.6 Å². The predicted molar refractivity (Wildman–Crippen MR) is 137 cm³/mol. The van der Waals surface area contributed by atoms with Gasteiger partial charge in [-0.15, -0.1) is 0 Å². The van der Waals surface area contributed by atoms with Gasteiger partial charge in [-0.1, -0.05) is 18.2 Å². The summed E-state index contributed by atoms with van der Waals surface area (Å²) in [7, 11) is 8.01. The number of rotatable bonds is 7. The number of fused-ring (bicyclic) bond motifs is 1. The zero-order valence-electron chi connectivity index (χ0n) is 20.2. The second-order valence-electron chi connectivity index (χ2n) is 8.63. The van der Waals surface area contributed by atoms with Gasteiger partial charge in [0.2, 0.25) is 5.95 Å². The SMILES string of the molecule is Cc1cc(N(C)CCN(C)C)c(N)cc1Nc1ncc(C#N)c(-c2nn(C)c3ccccc23)n1. The summed E-state index contributed by atoms with van der Waals surface area (Å²) in [6.07, 6.45) is 1.52. The predicted octanol–water partition coefficient (Wildman–Crippen LogP) is 3.53. The second-order valence-corrected chi connectivity index (χ2v) is 8.63. The number of nitriles is 1. The Hall–Kier alpha value is -4.16. The third-order valence-electron chi connectivity index (χ3n) is 5.81. The molecule has 174 valence electrons. The first-order valence-electron chi connectivity index (χ1n) is 11.0. The molecule has 34 heavy (non-hydrogen) atoms. The first-order chi connectivity index (χ1) is 16.3. The van der Waals surface area contributed by atoms with E-state index < -0.39 is 0 Å². The highest BCUT2D eigenvalue weighted by Gasteiger charge is 2.18. The van der Waals surface area contributed by atoms with Crippen LogP contribution >= 0.6 is 0 Å². The lowest BCUT2D eigenvalue weighted by Crippen LogP contribution is -2.29. The fourth-order valence-corrected chi connectivity index (χ4v) is 3.86. The molecule has 0 unspecified atom stereocenters. The summed E-state index contributed by atoms with van der Waals surface area (Å²) in [5.41, 5.74) is 12.3. The third-order valence-corrected chi connectivity index (χ3v) is 5.81. The Morgan fingerprint density at radius 3 is 2.62 bits per heavy atom. The van der Waals surface area contributed by atoms with Crippen LogP contribution in [0.3, 0.4) is 0 Å². The fourth-order valence-electron chi connectivity index (χ4n) is 3.86. The Kier molecular flexibility index (Phi) is 6.34. The van der Waals surface area contributed by atoms with Crippen LogP contribution in [0.5, 0.6) is 0 Å². The Labute approximate surface area is 199 Å². The smallest absolute Gasteiger partial charge is 0.227 e. The van der Waals surface area contributed by atoms with Gasteiger partial charge in [0, 0.05) is 38.3 Å². The van der Waals surface area contributed by atoms with E-state index in [1.54, 1.807) is 4.68 Å². The normalized spacial score (nSPS) is 11.1. The molecule has 0 atom stereocenters. The zero-order chi connectivity index (χ0) is 24.4. The zero-order valence-corrected chi connectivity index (χ0v) is 20.2. The van der Waals surface area contributed by atoms with E-state index in [-0.39, 0.29) is 0 Å². The minimum atomic E-state index is 0.364. The Balaban J connectivity index is 1.68. The van der Waals surface area contributed by atoms with Crippen LogP contribution in [0.1, 0.15) is 11.1 Å². The van der Waals surface area contributed by atoms with Crippen LogP contribution in [0, 0.1) is 18.3 Å². The van der Waals surface area contributed by atoms with Crippen LogP contribution < -0.4 is 16.0 Å². The van der Waals surface area contributed by atoms with Crippen LogP contribution in [-0.4, -0.2) is 58.9 Å². The molecule has 0 radical (unpaired) electrons. The lowest BCUT2D eigenvalue weighted by atomic mass is 10.1. The van der Waals surface area contributed by atoms with E-state index in [0.717, 1.165) is 40.9 Å². The Morgan fingerprint density at radius 2 is 1.88 bits per heavy atom. The van der Waals surface area contributed by atoms with Gasteiger partial charge in [-0.3, -0.25) is 4.68 Å². The molecule has 3 N–H and O–H groups in total. The van der Waals surface area contributed by atoms with Crippen LogP contribution in [-0.2, 0) is 7.05 Å². The van der Waals surface area contributed by atoms with Crippen molar-refractivity contribution in [1.29, 1.82) is 5.26 Å². The molecule has 0 saturated carbocycles. The van der Waals surface area contributed by atoms with Gasteiger partial charge >= 0.3 is 0 Å². The van der Waals surface area contributed by atoms with Gasteiger partial charge in [-0.25, -0.2) is 9.97 Å². The topological polar surface area (TPSA) is 112 Å². The second kappa shape index (κ2) is 9.37. The summed E-state index contributed by atoms with van der Waals surface area (Å²) in [5.74, 6) is 0.375. The molecule has 0 spiro atoms. The van der Waals surface area contributed by atoms with Crippen LogP contribution in [0.15, 0.2) is 42.6 Å². The number of nitrogen functional groups attached to an aromatic ring is 1. The highest BCUT2D eigenvalue weighted by Crippen LogP contribution is 2.32. The van der Waals surface area contributed by atoms with Gasteiger partial charge in [0.15, 0.2) is 0 Å². The molecule has 2 heterocycles. The molecule has 0 bridgehead atoms.